The Morgan fingerprint density at radius 1 is 1.30 bits per heavy atom. The van der Waals surface area contributed by atoms with Crippen LogP contribution < -0.4 is 0 Å². The number of carbonyl (C=O) groups is 1. The molecule has 9 heteroatoms. The molecular weight excluding hydrogens is 340 g/mol. The molecule has 0 radical (unpaired) electrons. The number of aromatic nitrogens is 1. The number of rotatable bonds is 1. The van der Waals surface area contributed by atoms with Gasteiger partial charge in [-0.1, -0.05) is 17.7 Å². The minimum atomic E-state index is -3.65. The van der Waals surface area contributed by atoms with Crippen LogP contribution in [0.4, 0.5) is 17.6 Å². The highest BCUT2D eigenvalue weighted by Gasteiger charge is 2.68. The van der Waals surface area contributed by atoms with E-state index in [1.807, 2.05) is 0 Å². The maximum absolute atomic E-state index is 14.0. The fourth-order valence-corrected chi connectivity index (χ4v) is 3.56. The lowest BCUT2D eigenvalue weighted by Gasteiger charge is -2.36. The van der Waals surface area contributed by atoms with Crippen LogP contribution in [0.2, 0.25) is 5.15 Å². The Kier molecular flexibility index (Phi) is 3.79. The number of alkyl halides is 4. The minimum Gasteiger partial charge on any atom is -0.384 e. The van der Waals surface area contributed by atoms with Gasteiger partial charge in [-0.2, -0.15) is 0 Å². The van der Waals surface area contributed by atoms with Gasteiger partial charge in [-0.15, -0.1) is 0 Å². The Hall–Kier alpha value is -1.41. The Morgan fingerprint density at radius 3 is 2.48 bits per heavy atom. The lowest BCUT2D eigenvalue weighted by molar-refractivity contribution is -0.0970. The molecule has 2 fully saturated rings. The van der Waals surface area contributed by atoms with Gasteiger partial charge in [0.05, 0.1) is 12.1 Å². The van der Waals surface area contributed by atoms with Crippen LogP contribution in [0.3, 0.4) is 0 Å². The van der Waals surface area contributed by atoms with Crippen LogP contribution in [0.1, 0.15) is 23.3 Å². The predicted molar refractivity (Wildman–Crippen MR) is 73.0 cm³/mol. The summed E-state index contributed by atoms with van der Waals surface area (Å²) in [6.07, 6.45) is -7.73. The van der Waals surface area contributed by atoms with E-state index < -0.39 is 55.2 Å². The number of hydrogen-bond acceptors (Lipinski definition) is 3. The molecule has 4 atom stereocenters. The van der Waals surface area contributed by atoms with Crippen molar-refractivity contribution in [1.82, 2.24) is 9.88 Å². The van der Waals surface area contributed by atoms with E-state index in [0.717, 1.165) is 0 Å². The molecule has 1 saturated heterocycles. The zero-order valence-electron chi connectivity index (χ0n) is 11.7. The minimum absolute atomic E-state index is 0.0189. The van der Waals surface area contributed by atoms with Crippen LogP contribution in [0.5, 0.6) is 0 Å². The number of amides is 1. The molecule has 3 rings (SSSR count). The fraction of sp³-hybridized carbons (Fsp3) is 0.571. The predicted octanol–water partition coefficient (Wildman–Crippen LogP) is 2.40. The molecule has 1 aromatic heterocycles. The Morgan fingerprint density at radius 2 is 1.91 bits per heavy atom. The lowest BCUT2D eigenvalue weighted by Crippen LogP contribution is -2.52. The summed E-state index contributed by atoms with van der Waals surface area (Å²) in [6.45, 7) is -1.12. The summed E-state index contributed by atoms with van der Waals surface area (Å²) in [7, 11) is 0. The number of nitrogens with zero attached hydrogens (tertiary/aromatic N) is 2. The second-order valence-electron chi connectivity index (χ2n) is 5.94. The van der Waals surface area contributed by atoms with Crippen molar-refractivity contribution in [2.75, 3.05) is 6.54 Å². The first-order valence-electron chi connectivity index (χ1n) is 6.96. The SMILES string of the molecule is O=C(c1cccc(Cl)n1)N1CC(F)(F)[C@@H](O)C12C[C@@H](F)[C@@H](F)C2. The van der Waals surface area contributed by atoms with E-state index in [1.54, 1.807) is 0 Å². The number of halogens is 5. The van der Waals surface area contributed by atoms with E-state index in [1.165, 1.54) is 18.2 Å². The zero-order valence-corrected chi connectivity index (χ0v) is 12.5. The van der Waals surface area contributed by atoms with Crippen LogP contribution in [0.15, 0.2) is 18.2 Å². The summed E-state index contributed by atoms with van der Waals surface area (Å²) in [5.74, 6) is -4.59. The summed E-state index contributed by atoms with van der Waals surface area (Å²) in [5.41, 5.74) is -2.21. The monoisotopic (exact) mass is 352 g/mol. The van der Waals surface area contributed by atoms with Crippen molar-refractivity contribution in [2.45, 2.75) is 42.8 Å². The molecular formula is C14H13ClF4N2O2. The molecule has 0 bridgehead atoms. The van der Waals surface area contributed by atoms with Gasteiger partial charge in [-0.25, -0.2) is 22.5 Å². The van der Waals surface area contributed by atoms with Gasteiger partial charge >= 0.3 is 0 Å². The van der Waals surface area contributed by atoms with E-state index in [9.17, 15) is 27.5 Å². The van der Waals surface area contributed by atoms with E-state index in [-0.39, 0.29) is 10.8 Å². The van der Waals surface area contributed by atoms with Crippen molar-refractivity contribution in [1.29, 1.82) is 0 Å². The summed E-state index contributed by atoms with van der Waals surface area (Å²) in [6, 6.07) is 4.07. The first-order valence-corrected chi connectivity index (χ1v) is 7.34. The second kappa shape index (κ2) is 5.31. The highest BCUT2D eigenvalue weighted by molar-refractivity contribution is 6.29. The van der Waals surface area contributed by atoms with Gasteiger partial charge in [0.1, 0.15) is 29.3 Å². The third-order valence-electron chi connectivity index (χ3n) is 4.48. The number of aliphatic hydroxyl groups is 1. The van der Waals surface area contributed by atoms with Crippen LogP contribution in [-0.2, 0) is 0 Å². The molecule has 1 aliphatic carbocycles. The van der Waals surface area contributed by atoms with Gasteiger partial charge in [-0.05, 0) is 12.1 Å². The van der Waals surface area contributed by atoms with Crippen molar-refractivity contribution in [3.63, 3.8) is 0 Å². The van der Waals surface area contributed by atoms with Gasteiger partial charge in [0, 0.05) is 12.8 Å². The molecule has 0 aromatic carbocycles. The zero-order chi connectivity index (χ0) is 17.0. The van der Waals surface area contributed by atoms with Crippen LogP contribution in [0, 0.1) is 0 Å². The number of likely N-dealkylation sites (tertiary alicyclic amines) is 1. The van der Waals surface area contributed by atoms with Gasteiger partial charge < -0.3 is 10.0 Å². The maximum atomic E-state index is 14.0. The standard InChI is InChI=1S/C14H13ClF4N2O2/c15-10-3-1-2-9(20-10)11(22)21-6-14(18,19)12(23)13(21)4-7(16)8(17)5-13/h1-3,7-8,12,23H,4-6H2/t7-,8+,12-,13?/m0/s1. The molecule has 1 aliphatic heterocycles. The van der Waals surface area contributed by atoms with Crippen molar-refractivity contribution in [3.05, 3.63) is 29.0 Å². The average Bonchev–Trinajstić information content (AvgIpc) is 2.88. The van der Waals surface area contributed by atoms with E-state index in [0.29, 0.717) is 4.90 Å². The van der Waals surface area contributed by atoms with Crippen LogP contribution in [-0.4, -0.2) is 57.4 Å². The molecule has 1 amide bonds. The Bertz CT molecular complexity index is 635. The van der Waals surface area contributed by atoms with E-state index in [2.05, 4.69) is 4.98 Å². The van der Waals surface area contributed by atoms with Crippen molar-refractivity contribution in [2.24, 2.45) is 0 Å². The average molecular weight is 353 g/mol. The molecule has 1 aromatic rings. The summed E-state index contributed by atoms with van der Waals surface area (Å²) in [4.78, 5) is 16.9. The Labute approximate surface area is 134 Å². The summed E-state index contributed by atoms with van der Waals surface area (Å²) >= 11 is 5.68. The van der Waals surface area contributed by atoms with Gasteiger partial charge in [0.25, 0.3) is 11.8 Å². The van der Waals surface area contributed by atoms with Gasteiger partial charge in [0.15, 0.2) is 0 Å². The lowest BCUT2D eigenvalue weighted by atomic mass is 9.89. The third kappa shape index (κ3) is 2.48. The summed E-state index contributed by atoms with van der Waals surface area (Å²) < 4.78 is 55.2. The largest absolute Gasteiger partial charge is 0.384 e. The number of hydrogen-bond donors (Lipinski definition) is 1. The first kappa shape index (κ1) is 16.4. The smallest absolute Gasteiger partial charge is 0.292 e. The number of carbonyl (C=O) groups excluding carboxylic acids is 1. The highest BCUT2D eigenvalue weighted by Crippen LogP contribution is 2.50. The maximum Gasteiger partial charge on any atom is 0.292 e. The van der Waals surface area contributed by atoms with E-state index >= 15 is 0 Å². The third-order valence-corrected chi connectivity index (χ3v) is 4.69. The molecule has 1 N–H and O–H groups in total. The van der Waals surface area contributed by atoms with Gasteiger partial charge in [0.2, 0.25) is 0 Å². The summed E-state index contributed by atoms with van der Waals surface area (Å²) in [5, 5.41) is 9.92. The quantitative estimate of drug-likeness (QED) is 0.624. The van der Waals surface area contributed by atoms with Crippen LogP contribution >= 0.6 is 11.6 Å². The van der Waals surface area contributed by atoms with E-state index in [4.69, 9.17) is 11.6 Å². The molecule has 126 valence electrons. The molecule has 2 aliphatic rings. The van der Waals surface area contributed by atoms with Crippen molar-refractivity contribution < 1.29 is 27.5 Å². The topological polar surface area (TPSA) is 53.4 Å². The van der Waals surface area contributed by atoms with Crippen LogP contribution in [0.25, 0.3) is 0 Å². The molecule has 1 spiro atoms. The molecule has 2 heterocycles. The first-order chi connectivity index (χ1) is 10.7. The Balaban J connectivity index is 2.01. The number of pyridine rings is 1. The molecule has 1 unspecified atom stereocenters. The van der Waals surface area contributed by atoms with Crippen molar-refractivity contribution >= 4 is 17.5 Å². The normalized spacial score (nSPS) is 35.9. The highest BCUT2D eigenvalue weighted by atomic mass is 35.5. The molecule has 1 saturated carbocycles. The van der Waals surface area contributed by atoms with Gasteiger partial charge in [-0.3, -0.25) is 4.79 Å². The second-order valence-corrected chi connectivity index (χ2v) is 6.33. The molecule has 23 heavy (non-hydrogen) atoms. The van der Waals surface area contributed by atoms with Crippen molar-refractivity contribution in [3.8, 4) is 0 Å². The number of aliphatic hydroxyl groups excluding tert-OH is 1. The molecule has 4 nitrogen and oxygen atoms in total. The fourth-order valence-electron chi connectivity index (χ4n) is 3.39.